The van der Waals surface area contributed by atoms with Crippen LogP contribution >= 0.6 is 0 Å². The van der Waals surface area contributed by atoms with Gasteiger partial charge in [-0.15, -0.1) is 0 Å². The highest BCUT2D eigenvalue weighted by molar-refractivity contribution is 5.77. The monoisotopic (exact) mass is 474 g/mol. The fourth-order valence-corrected chi connectivity index (χ4v) is 4.19. The summed E-state index contributed by atoms with van der Waals surface area (Å²) in [6.07, 6.45) is 4.79. The Balaban J connectivity index is 1.57. The second-order valence-corrected chi connectivity index (χ2v) is 8.58. The van der Waals surface area contributed by atoms with E-state index in [2.05, 4.69) is 29.2 Å². The molecule has 0 atom stereocenters. The van der Waals surface area contributed by atoms with Crippen molar-refractivity contribution in [3.05, 3.63) is 83.7 Å². The summed E-state index contributed by atoms with van der Waals surface area (Å²) in [5, 5.41) is 8.88. The minimum atomic E-state index is -0.887. The number of hydrogen-bond donors (Lipinski definition) is 1. The maximum atomic E-state index is 12.8. The van der Waals surface area contributed by atoms with Gasteiger partial charge in [0, 0.05) is 44.7 Å². The van der Waals surface area contributed by atoms with E-state index in [1.807, 2.05) is 30.3 Å². The van der Waals surface area contributed by atoms with E-state index in [0.717, 1.165) is 33.6 Å². The van der Waals surface area contributed by atoms with Gasteiger partial charge in [-0.3, -0.25) is 14.6 Å². The third-order valence-electron chi connectivity index (χ3n) is 5.96. The van der Waals surface area contributed by atoms with E-state index < -0.39 is 5.97 Å². The van der Waals surface area contributed by atoms with Gasteiger partial charge in [-0.1, -0.05) is 30.3 Å². The van der Waals surface area contributed by atoms with E-state index in [-0.39, 0.29) is 18.7 Å². The van der Waals surface area contributed by atoms with Gasteiger partial charge in [0.15, 0.2) is 0 Å². The normalized spacial score (nSPS) is 14.3. The number of fused-ring (bicyclic) bond motifs is 3. The molecule has 0 saturated carbocycles. The minimum absolute atomic E-state index is 0.0101. The number of carboxylic acids is 1. The Morgan fingerprint density at radius 3 is 2.57 bits per heavy atom. The Hall–Kier alpha value is -3.71. The quantitative estimate of drug-likeness (QED) is 0.592. The number of rotatable bonds is 5. The minimum Gasteiger partial charge on any atom is -0.491 e. The summed E-state index contributed by atoms with van der Waals surface area (Å²) in [7, 11) is 0. The van der Waals surface area contributed by atoms with Crippen LogP contribution in [0, 0.1) is 0 Å². The van der Waals surface area contributed by atoms with Crippen LogP contribution in [-0.4, -0.2) is 53.2 Å². The molecule has 7 heteroatoms. The molecular weight excluding hydrogens is 444 g/mol. The van der Waals surface area contributed by atoms with Crippen LogP contribution in [0.15, 0.2) is 67.0 Å². The van der Waals surface area contributed by atoms with Crippen molar-refractivity contribution >= 4 is 11.9 Å². The van der Waals surface area contributed by atoms with Crippen LogP contribution in [0.25, 0.3) is 11.1 Å². The lowest BCUT2D eigenvalue weighted by molar-refractivity contribution is -0.137. The molecule has 35 heavy (non-hydrogen) atoms. The van der Waals surface area contributed by atoms with Crippen molar-refractivity contribution in [1.82, 2.24) is 9.88 Å². The lowest BCUT2D eigenvalue weighted by Gasteiger charge is -2.24. The van der Waals surface area contributed by atoms with Gasteiger partial charge in [-0.25, -0.2) is 0 Å². The van der Waals surface area contributed by atoms with Gasteiger partial charge in [-0.2, -0.15) is 0 Å². The number of carbonyl (C=O) groups excluding carboxylic acids is 1. The van der Waals surface area contributed by atoms with Gasteiger partial charge in [0.2, 0.25) is 5.91 Å². The summed E-state index contributed by atoms with van der Waals surface area (Å²) < 4.78 is 11.8. The Kier molecular flexibility index (Phi) is 8.46. The molecule has 2 aromatic carbocycles. The van der Waals surface area contributed by atoms with Gasteiger partial charge in [0.05, 0.1) is 13.2 Å². The number of ether oxygens (including phenoxy) is 2. The first-order chi connectivity index (χ1) is 17.1. The Labute approximate surface area is 205 Å². The number of nitrogens with zero attached hydrogens (tertiary/aromatic N) is 2. The van der Waals surface area contributed by atoms with Crippen LogP contribution < -0.4 is 4.74 Å². The summed E-state index contributed by atoms with van der Waals surface area (Å²) in [4.78, 5) is 29.5. The summed E-state index contributed by atoms with van der Waals surface area (Å²) in [6.45, 7) is 2.12. The Bertz CT molecular complexity index is 1150. The summed E-state index contributed by atoms with van der Waals surface area (Å²) >= 11 is 0. The number of carbonyl (C=O) groups is 2. The van der Waals surface area contributed by atoms with Crippen molar-refractivity contribution < 1.29 is 24.2 Å². The van der Waals surface area contributed by atoms with E-state index in [1.165, 1.54) is 0 Å². The van der Waals surface area contributed by atoms with Crippen LogP contribution in [0.2, 0.25) is 0 Å². The summed E-state index contributed by atoms with van der Waals surface area (Å²) in [5.74, 6) is -0.109. The lowest BCUT2D eigenvalue weighted by atomic mass is 9.97. The average Bonchev–Trinajstić information content (AvgIpc) is 2.86. The fourth-order valence-electron chi connectivity index (χ4n) is 4.19. The standard InChI is InChI=1S/C28H30N2O5/c31-27(5-2-6-28(32)33)30-13-14-34-15-16-35-26-8-7-24(23-9-11-29-12-10-23)19-25(26)18-21-3-1-4-22(17-21)20-30/h1,3-4,7-12,17,19H,2,5-6,13-16,18,20H2,(H,32,33). The van der Waals surface area contributed by atoms with E-state index in [9.17, 15) is 9.59 Å². The van der Waals surface area contributed by atoms with Crippen LogP contribution in [0.5, 0.6) is 5.75 Å². The molecule has 3 aromatic rings. The zero-order chi connectivity index (χ0) is 24.5. The third-order valence-corrected chi connectivity index (χ3v) is 5.96. The number of amides is 1. The highest BCUT2D eigenvalue weighted by Gasteiger charge is 2.16. The van der Waals surface area contributed by atoms with Crippen molar-refractivity contribution in [2.45, 2.75) is 32.2 Å². The molecule has 1 aliphatic rings. The molecule has 1 N–H and O–H groups in total. The molecule has 182 valence electrons. The topological polar surface area (TPSA) is 89.0 Å². The Morgan fingerprint density at radius 2 is 1.74 bits per heavy atom. The first kappa shape index (κ1) is 24.4. The molecule has 1 amide bonds. The molecule has 2 heterocycles. The van der Waals surface area contributed by atoms with Crippen molar-refractivity contribution in [1.29, 1.82) is 0 Å². The third kappa shape index (κ3) is 7.13. The van der Waals surface area contributed by atoms with E-state index in [4.69, 9.17) is 14.6 Å². The van der Waals surface area contributed by atoms with Crippen molar-refractivity contribution in [3.8, 4) is 16.9 Å². The molecular formula is C28H30N2O5. The molecule has 0 spiro atoms. The molecule has 1 aliphatic heterocycles. The van der Waals surface area contributed by atoms with Crippen LogP contribution in [0.3, 0.4) is 0 Å². The predicted octanol–water partition coefficient (Wildman–Crippen LogP) is 4.33. The summed E-state index contributed by atoms with van der Waals surface area (Å²) in [6, 6.07) is 18.4. The van der Waals surface area contributed by atoms with E-state index >= 15 is 0 Å². The van der Waals surface area contributed by atoms with E-state index in [0.29, 0.717) is 45.8 Å². The Morgan fingerprint density at radius 1 is 0.914 bits per heavy atom. The number of benzene rings is 2. The highest BCUT2D eigenvalue weighted by Crippen LogP contribution is 2.29. The van der Waals surface area contributed by atoms with Gasteiger partial charge in [0.1, 0.15) is 12.4 Å². The molecule has 0 saturated heterocycles. The number of hydrogen-bond acceptors (Lipinski definition) is 5. The smallest absolute Gasteiger partial charge is 0.303 e. The number of aliphatic carboxylic acids is 1. The zero-order valence-electron chi connectivity index (χ0n) is 19.7. The van der Waals surface area contributed by atoms with Crippen molar-refractivity contribution in [2.24, 2.45) is 0 Å². The molecule has 7 nitrogen and oxygen atoms in total. The first-order valence-electron chi connectivity index (χ1n) is 11.9. The maximum Gasteiger partial charge on any atom is 0.303 e. The molecule has 0 unspecified atom stereocenters. The molecule has 0 fully saturated rings. The number of aromatic nitrogens is 1. The molecule has 0 aliphatic carbocycles. The van der Waals surface area contributed by atoms with Gasteiger partial charge in [0.25, 0.3) is 0 Å². The predicted molar refractivity (Wildman–Crippen MR) is 132 cm³/mol. The largest absolute Gasteiger partial charge is 0.491 e. The zero-order valence-corrected chi connectivity index (χ0v) is 19.7. The number of pyridine rings is 1. The van der Waals surface area contributed by atoms with Crippen LogP contribution in [0.4, 0.5) is 0 Å². The fraction of sp³-hybridized carbons (Fsp3) is 0.321. The molecule has 1 aromatic heterocycles. The SMILES string of the molecule is O=C(O)CCCC(=O)N1CCOCCOc2ccc(-c3ccncc3)cc2Cc2cccc(c2)C1. The second kappa shape index (κ2) is 12.1. The molecule has 0 radical (unpaired) electrons. The molecule has 2 bridgehead atoms. The maximum absolute atomic E-state index is 12.8. The lowest BCUT2D eigenvalue weighted by Crippen LogP contribution is -2.34. The van der Waals surface area contributed by atoms with Gasteiger partial charge in [-0.05, 0) is 58.5 Å². The molecule has 4 rings (SSSR count). The van der Waals surface area contributed by atoms with Gasteiger partial charge >= 0.3 is 5.97 Å². The van der Waals surface area contributed by atoms with Gasteiger partial charge < -0.3 is 19.5 Å². The van der Waals surface area contributed by atoms with Crippen molar-refractivity contribution in [2.75, 3.05) is 26.4 Å². The summed E-state index contributed by atoms with van der Waals surface area (Å²) in [5.41, 5.74) is 5.43. The van der Waals surface area contributed by atoms with E-state index in [1.54, 1.807) is 17.3 Å². The van der Waals surface area contributed by atoms with Crippen molar-refractivity contribution in [3.63, 3.8) is 0 Å². The first-order valence-corrected chi connectivity index (χ1v) is 11.9. The van der Waals surface area contributed by atoms with Crippen LogP contribution in [0.1, 0.15) is 36.0 Å². The number of carboxylic acid groups (broad SMARTS) is 1. The van der Waals surface area contributed by atoms with Crippen LogP contribution in [-0.2, 0) is 27.3 Å². The second-order valence-electron chi connectivity index (χ2n) is 8.58. The average molecular weight is 475 g/mol. The highest BCUT2D eigenvalue weighted by atomic mass is 16.5.